The molecule has 42 heavy (non-hydrogen) atoms. The Balaban J connectivity index is 1.76. The molecule has 15 heteroatoms. The van der Waals surface area contributed by atoms with Gasteiger partial charge >= 0.3 is 7.82 Å². The average Bonchev–Trinajstić information content (AvgIpc) is 2.98. The molecule has 3 aromatic carbocycles. The summed E-state index contributed by atoms with van der Waals surface area (Å²) in [5.74, 6) is 0.399. The van der Waals surface area contributed by atoms with Crippen molar-refractivity contribution >= 4 is 41.9 Å². The van der Waals surface area contributed by atoms with Gasteiger partial charge in [0, 0.05) is 45.1 Å². The second kappa shape index (κ2) is 15.2. The molecule has 0 saturated carbocycles. The van der Waals surface area contributed by atoms with Crippen molar-refractivity contribution in [2.24, 2.45) is 20.5 Å². The third kappa shape index (κ3) is 9.23. The highest BCUT2D eigenvalue weighted by Gasteiger charge is 2.19. The molecule has 0 aliphatic heterocycles. The van der Waals surface area contributed by atoms with Crippen LogP contribution in [0.3, 0.4) is 0 Å². The highest BCUT2D eigenvalue weighted by Crippen LogP contribution is 2.42. The number of phosphoric acid groups is 1. The molecule has 0 heterocycles. The number of aryl methyl sites for hydroxylation is 2. The van der Waals surface area contributed by atoms with E-state index in [0.29, 0.717) is 42.5 Å². The van der Waals surface area contributed by atoms with Gasteiger partial charge in [0.1, 0.15) is 11.4 Å². The van der Waals surface area contributed by atoms with E-state index in [2.05, 4.69) is 25.0 Å². The summed E-state index contributed by atoms with van der Waals surface area (Å²) in [4.78, 5) is 22.3. The first-order valence-electron chi connectivity index (χ1n) is 12.7. The lowest BCUT2D eigenvalue weighted by Gasteiger charge is -2.24. The first kappa shape index (κ1) is 32.4. The number of anilines is 1. The number of benzene rings is 3. The highest BCUT2D eigenvalue weighted by atomic mass is 31.2. The quantitative estimate of drug-likeness (QED) is 0.0815. The summed E-state index contributed by atoms with van der Waals surface area (Å²) in [6.07, 6.45) is 0. The van der Waals surface area contributed by atoms with Crippen LogP contribution in [0.15, 0.2) is 75.1 Å². The smallest absolute Gasteiger partial charge is 0.471 e. The normalized spacial score (nSPS) is 13.0. The molecule has 0 aliphatic rings. The number of azo groups is 2. The Kier molecular flexibility index (Phi) is 11.8. The Bertz CT molecular complexity index is 1480. The number of ether oxygens (including phenoxy) is 2. The van der Waals surface area contributed by atoms with Crippen molar-refractivity contribution in [1.82, 2.24) is 0 Å². The Morgan fingerprint density at radius 2 is 1.55 bits per heavy atom. The fourth-order valence-electron chi connectivity index (χ4n) is 3.72. The predicted molar refractivity (Wildman–Crippen MR) is 157 cm³/mol. The monoisotopic (exact) mass is 600 g/mol. The van der Waals surface area contributed by atoms with Crippen LogP contribution in [0.5, 0.6) is 5.75 Å². The maximum absolute atomic E-state index is 11.6. The van der Waals surface area contributed by atoms with Crippen LogP contribution in [0.25, 0.3) is 0 Å². The number of rotatable bonds is 15. The van der Waals surface area contributed by atoms with Crippen molar-refractivity contribution in [3.8, 4) is 5.75 Å². The van der Waals surface area contributed by atoms with Crippen LogP contribution in [0, 0.1) is 24.0 Å². The first-order chi connectivity index (χ1) is 20.1. The summed E-state index contributed by atoms with van der Waals surface area (Å²) in [5, 5.41) is 28.4. The zero-order valence-corrected chi connectivity index (χ0v) is 24.9. The fourth-order valence-corrected chi connectivity index (χ4v) is 4.13. The molecule has 14 nitrogen and oxygen atoms in total. The van der Waals surface area contributed by atoms with Crippen molar-refractivity contribution in [1.29, 1.82) is 0 Å². The summed E-state index contributed by atoms with van der Waals surface area (Å²) in [6, 6.07) is 15.4. The lowest BCUT2D eigenvalue weighted by molar-refractivity contribution is -0.384. The molecule has 1 atom stereocenters. The predicted octanol–water partition coefficient (Wildman–Crippen LogP) is 7.27. The Morgan fingerprint density at radius 3 is 2.19 bits per heavy atom. The van der Waals surface area contributed by atoms with Gasteiger partial charge in [-0.1, -0.05) is 6.07 Å². The average molecular weight is 601 g/mol. The molecule has 0 radical (unpaired) electrons. The molecule has 224 valence electrons. The molecule has 0 fully saturated rings. The molecule has 0 spiro atoms. The minimum Gasteiger partial charge on any atom is -0.494 e. The molecular weight excluding hydrogens is 567 g/mol. The van der Waals surface area contributed by atoms with E-state index in [1.165, 1.54) is 13.2 Å². The second-order valence-corrected chi connectivity index (χ2v) is 10.5. The fraction of sp³-hybridized carbons (Fsp3) is 0.333. The molecule has 0 amide bonds. The van der Waals surface area contributed by atoms with Gasteiger partial charge in [-0.25, -0.2) is 4.57 Å². The number of nitro groups is 1. The molecular formula is C27H33N6O8P. The van der Waals surface area contributed by atoms with Crippen molar-refractivity contribution in [3.05, 3.63) is 75.8 Å². The molecule has 0 aliphatic carbocycles. The molecule has 1 N–H and O–H groups in total. The Labute approximate surface area is 243 Å². The first-order valence-corrected chi connectivity index (χ1v) is 14.2. The number of hydrogen-bond donors (Lipinski definition) is 1. The lowest BCUT2D eigenvalue weighted by atomic mass is 10.1. The Morgan fingerprint density at radius 1 is 0.881 bits per heavy atom. The summed E-state index contributed by atoms with van der Waals surface area (Å²) in [7, 11) is 0.124. The summed E-state index contributed by atoms with van der Waals surface area (Å²) < 4.78 is 31.6. The summed E-state index contributed by atoms with van der Waals surface area (Å²) in [6.45, 7) is 4.85. The Hall–Kier alpha value is -4.07. The standard InChI is InChI=1S/C27H33N6O8P/c1-19-6-11-23(26(16-19)33(34)35)29-30-24-18-27(39-4)25(17-20(24)2)31-28-21-7-9-22(10-8-21)32(12-14-38-3)13-15-41-42(36,37)40-5/h6-11,16-18H,12-15H2,1-5H3,(H,36,37). The molecule has 1 unspecified atom stereocenters. The van der Waals surface area contributed by atoms with Crippen molar-refractivity contribution in [2.45, 2.75) is 13.8 Å². The number of nitrogens with zero attached hydrogens (tertiary/aromatic N) is 6. The van der Waals surface area contributed by atoms with Crippen LogP contribution in [-0.2, 0) is 18.3 Å². The van der Waals surface area contributed by atoms with E-state index in [0.717, 1.165) is 23.9 Å². The number of nitro benzene ring substituents is 1. The van der Waals surface area contributed by atoms with Gasteiger partial charge in [0.05, 0.1) is 36.6 Å². The van der Waals surface area contributed by atoms with E-state index >= 15 is 0 Å². The van der Waals surface area contributed by atoms with Crippen LogP contribution < -0.4 is 9.64 Å². The van der Waals surface area contributed by atoms with E-state index < -0.39 is 12.7 Å². The highest BCUT2D eigenvalue weighted by molar-refractivity contribution is 7.47. The van der Waals surface area contributed by atoms with Crippen molar-refractivity contribution in [3.63, 3.8) is 0 Å². The van der Waals surface area contributed by atoms with Crippen LogP contribution >= 0.6 is 7.82 Å². The van der Waals surface area contributed by atoms with Crippen molar-refractivity contribution < 1.29 is 32.9 Å². The number of phosphoric ester groups is 1. The van der Waals surface area contributed by atoms with Gasteiger partial charge < -0.3 is 19.3 Å². The van der Waals surface area contributed by atoms with Crippen LogP contribution in [-0.4, -0.2) is 57.4 Å². The topological polar surface area (TPSA) is 170 Å². The van der Waals surface area contributed by atoms with Gasteiger partial charge in [-0.15, -0.1) is 15.3 Å². The molecule has 0 saturated heterocycles. The van der Waals surface area contributed by atoms with Gasteiger partial charge in [-0.3, -0.25) is 19.2 Å². The molecule has 3 rings (SSSR count). The van der Waals surface area contributed by atoms with Gasteiger partial charge in [-0.2, -0.15) is 5.11 Å². The van der Waals surface area contributed by atoms with Crippen LogP contribution in [0.1, 0.15) is 11.1 Å². The van der Waals surface area contributed by atoms with Crippen LogP contribution in [0.2, 0.25) is 0 Å². The van der Waals surface area contributed by atoms with Gasteiger partial charge in [-0.05, 0) is 61.4 Å². The summed E-state index contributed by atoms with van der Waals surface area (Å²) >= 11 is 0. The van der Waals surface area contributed by atoms with E-state index in [1.807, 2.05) is 24.0 Å². The van der Waals surface area contributed by atoms with E-state index in [1.54, 1.807) is 50.4 Å². The number of methoxy groups -OCH3 is 2. The minimum atomic E-state index is -4.06. The second-order valence-electron chi connectivity index (χ2n) is 8.94. The maximum atomic E-state index is 11.6. The SMILES string of the molecule is COCCN(CCOP(=O)(O)OC)c1ccc(N=Nc2cc(C)c(N=Nc3ccc(C)cc3[N+](=O)[O-])cc2OC)cc1. The lowest BCUT2D eigenvalue weighted by Crippen LogP contribution is -2.30. The van der Waals surface area contributed by atoms with Gasteiger partial charge in [0.25, 0.3) is 5.69 Å². The van der Waals surface area contributed by atoms with E-state index in [9.17, 15) is 19.6 Å². The van der Waals surface area contributed by atoms with E-state index in [4.69, 9.17) is 14.0 Å². The molecule has 0 aromatic heterocycles. The van der Waals surface area contributed by atoms with Crippen molar-refractivity contribution in [2.75, 3.05) is 52.5 Å². The third-order valence-corrected chi connectivity index (χ3v) is 6.96. The molecule has 0 bridgehead atoms. The summed E-state index contributed by atoms with van der Waals surface area (Å²) in [5.41, 5.74) is 3.82. The van der Waals surface area contributed by atoms with Gasteiger partial charge in [0.2, 0.25) is 0 Å². The minimum absolute atomic E-state index is 0.0244. The van der Waals surface area contributed by atoms with E-state index in [-0.39, 0.29) is 18.0 Å². The largest absolute Gasteiger partial charge is 0.494 e. The maximum Gasteiger partial charge on any atom is 0.471 e. The van der Waals surface area contributed by atoms with Crippen LogP contribution in [0.4, 0.5) is 34.1 Å². The zero-order valence-electron chi connectivity index (χ0n) is 24.0. The number of hydrogen-bond acceptors (Lipinski definition) is 12. The molecule has 3 aromatic rings. The third-order valence-electron chi connectivity index (χ3n) is 5.99. The zero-order chi connectivity index (χ0) is 30.7. The van der Waals surface area contributed by atoms with Gasteiger partial charge in [0.15, 0.2) is 5.69 Å².